The van der Waals surface area contributed by atoms with Crippen molar-refractivity contribution in [2.45, 2.75) is 6.61 Å². The summed E-state index contributed by atoms with van der Waals surface area (Å²) in [6.45, 7) is 0.284. The average molecular weight is 499 g/mol. The first-order valence-corrected chi connectivity index (χ1v) is 10.5. The molecular formula is C24H17BrClNO4. The van der Waals surface area contributed by atoms with E-state index < -0.39 is 5.97 Å². The number of carbonyl (C=O) groups is 1. The van der Waals surface area contributed by atoms with Gasteiger partial charge < -0.3 is 14.2 Å². The lowest BCUT2D eigenvalue weighted by molar-refractivity contribution is -0.129. The molecule has 0 N–H and O–H groups in total. The minimum absolute atomic E-state index is 0.206. The van der Waals surface area contributed by atoms with Crippen LogP contribution in [0.15, 0.2) is 81.9 Å². The van der Waals surface area contributed by atoms with E-state index in [-0.39, 0.29) is 18.2 Å². The van der Waals surface area contributed by atoms with E-state index in [0.717, 1.165) is 11.1 Å². The van der Waals surface area contributed by atoms with Gasteiger partial charge in [-0.15, -0.1) is 0 Å². The number of benzene rings is 3. The summed E-state index contributed by atoms with van der Waals surface area (Å²) in [6.07, 6.45) is 1.64. The predicted molar refractivity (Wildman–Crippen MR) is 124 cm³/mol. The van der Waals surface area contributed by atoms with Gasteiger partial charge in [-0.05, 0) is 57.9 Å². The van der Waals surface area contributed by atoms with Crippen molar-refractivity contribution in [2.24, 2.45) is 4.99 Å². The summed E-state index contributed by atoms with van der Waals surface area (Å²) in [5.41, 5.74) is 2.51. The Labute approximate surface area is 193 Å². The first-order valence-electron chi connectivity index (χ1n) is 9.37. The Morgan fingerprint density at radius 1 is 1.10 bits per heavy atom. The van der Waals surface area contributed by atoms with Crippen molar-refractivity contribution in [3.63, 3.8) is 0 Å². The molecule has 1 aliphatic heterocycles. The topological polar surface area (TPSA) is 57.1 Å². The van der Waals surface area contributed by atoms with Gasteiger partial charge in [0.25, 0.3) is 0 Å². The number of cyclic esters (lactones) is 1. The molecule has 0 aromatic heterocycles. The third kappa shape index (κ3) is 4.81. The Bertz CT molecular complexity index is 1190. The summed E-state index contributed by atoms with van der Waals surface area (Å²) in [5, 5.41) is 0.630. The number of nitrogens with zero attached hydrogens (tertiary/aromatic N) is 1. The largest absolute Gasteiger partial charge is 0.493 e. The van der Waals surface area contributed by atoms with Crippen LogP contribution < -0.4 is 9.47 Å². The van der Waals surface area contributed by atoms with Crippen LogP contribution in [0.4, 0.5) is 0 Å². The lowest BCUT2D eigenvalue weighted by atomic mass is 10.1. The van der Waals surface area contributed by atoms with E-state index >= 15 is 0 Å². The summed E-state index contributed by atoms with van der Waals surface area (Å²) >= 11 is 9.73. The van der Waals surface area contributed by atoms with E-state index in [1.165, 1.54) is 0 Å². The van der Waals surface area contributed by atoms with Crippen LogP contribution in [-0.4, -0.2) is 19.0 Å². The van der Waals surface area contributed by atoms with E-state index in [0.29, 0.717) is 26.6 Å². The van der Waals surface area contributed by atoms with Crippen molar-refractivity contribution in [3.8, 4) is 11.5 Å². The Balaban J connectivity index is 1.60. The SMILES string of the molecule is COc1cc(/C=C2/N=C(c3ccccc3)OC2=O)cc(Br)c1OCc1ccccc1Cl. The molecule has 0 bridgehead atoms. The van der Waals surface area contributed by atoms with E-state index in [1.807, 2.05) is 60.7 Å². The van der Waals surface area contributed by atoms with Gasteiger partial charge in [0.1, 0.15) is 6.61 Å². The fourth-order valence-corrected chi connectivity index (χ4v) is 3.76. The predicted octanol–water partition coefficient (Wildman–Crippen LogP) is 6.03. The van der Waals surface area contributed by atoms with E-state index in [2.05, 4.69) is 20.9 Å². The number of hydrogen-bond acceptors (Lipinski definition) is 5. The molecule has 0 radical (unpaired) electrons. The molecule has 1 aliphatic rings. The molecule has 31 heavy (non-hydrogen) atoms. The molecule has 4 rings (SSSR count). The van der Waals surface area contributed by atoms with Crippen LogP contribution in [0.1, 0.15) is 16.7 Å². The van der Waals surface area contributed by atoms with E-state index in [9.17, 15) is 4.79 Å². The third-order valence-electron chi connectivity index (χ3n) is 4.53. The highest BCUT2D eigenvalue weighted by atomic mass is 79.9. The zero-order valence-corrected chi connectivity index (χ0v) is 18.8. The molecule has 0 aliphatic carbocycles. The zero-order valence-electron chi connectivity index (χ0n) is 16.5. The Morgan fingerprint density at radius 3 is 2.58 bits per heavy atom. The Morgan fingerprint density at radius 2 is 1.84 bits per heavy atom. The molecule has 1 heterocycles. The summed E-state index contributed by atoms with van der Waals surface area (Å²) in [6, 6.07) is 20.3. The minimum Gasteiger partial charge on any atom is -0.493 e. The molecule has 0 saturated heterocycles. The number of carbonyl (C=O) groups excluding carboxylic acids is 1. The quantitative estimate of drug-likeness (QED) is 0.307. The molecule has 0 unspecified atom stereocenters. The second-order valence-electron chi connectivity index (χ2n) is 6.62. The second-order valence-corrected chi connectivity index (χ2v) is 7.88. The van der Waals surface area contributed by atoms with Crippen LogP contribution in [0.5, 0.6) is 11.5 Å². The first-order chi connectivity index (χ1) is 15.0. The van der Waals surface area contributed by atoms with Gasteiger partial charge in [-0.3, -0.25) is 0 Å². The van der Waals surface area contributed by atoms with Crippen LogP contribution >= 0.6 is 27.5 Å². The highest BCUT2D eigenvalue weighted by Gasteiger charge is 2.24. The Kier molecular flexibility index (Phi) is 6.39. The first kappa shape index (κ1) is 21.2. The lowest BCUT2D eigenvalue weighted by Gasteiger charge is -2.14. The van der Waals surface area contributed by atoms with Crippen molar-refractivity contribution in [1.29, 1.82) is 0 Å². The van der Waals surface area contributed by atoms with Gasteiger partial charge in [0.05, 0.1) is 11.6 Å². The number of methoxy groups -OCH3 is 1. The molecule has 5 nitrogen and oxygen atoms in total. The molecule has 0 atom stereocenters. The summed E-state index contributed by atoms with van der Waals surface area (Å²) in [7, 11) is 1.55. The highest BCUT2D eigenvalue weighted by Crippen LogP contribution is 2.38. The number of ether oxygens (including phenoxy) is 3. The Hall–Kier alpha value is -3.09. The molecule has 156 valence electrons. The molecule has 0 amide bonds. The maximum atomic E-state index is 12.3. The summed E-state index contributed by atoms with van der Waals surface area (Å²) < 4.78 is 17.4. The highest BCUT2D eigenvalue weighted by molar-refractivity contribution is 9.10. The van der Waals surface area contributed by atoms with Crippen molar-refractivity contribution >= 4 is 45.5 Å². The molecule has 0 saturated carbocycles. The van der Waals surface area contributed by atoms with Gasteiger partial charge in [-0.25, -0.2) is 9.79 Å². The number of aliphatic imine (C=N–C) groups is 1. The molecule has 0 fully saturated rings. The smallest absolute Gasteiger partial charge is 0.363 e. The molecule has 0 spiro atoms. The van der Waals surface area contributed by atoms with Gasteiger partial charge in [-0.2, -0.15) is 0 Å². The maximum absolute atomic E-state index is 12.3. The van der Waals surface area contributed by atoms with Crippen molar-refractivity contribution in [2.75, 3.05) is 7.11 Å². The molecular weight excluding hydrogens is 482 g/mol. The van der Waals surface area contributed by atoms with Gasteiger partial charge in [0.2, 0.25) is 5.90 Å². The van der Waals surface area contributed by atoms with Crippen LogP contribution in [0.25, 0.3) is 6.08 Å². The van der Waals surface area contributed by atoms with Gasteiger partial charge >= 0.3 is 5.97 Å². The average Bonchev–Trinajstić information content (AvgIpc) is 3.14. The fourth-order valence-electron chi connectivity index (χ4n) is 3.00. The summed E-state index contributed by atoms with van der Waals surface area (Å²) in [5.74, 6) is 0.814. The van der Waals surface area contributed by atoms with Crippen LogP contribution in [0.2, 0.25) is 5.02 Å². The third-order valence-corrected chi connectivity index (χ3v) is 5.48. The van der Waals surface area contributed by atoms with Crippen molar-refractivity contribution < 1.29 is 19.0 Å². The van der Waals surface area contributed by atoms with Gasteiger partial charge in [0, 0.05) is 16.1 Å². The molecule has 3 aromatic rings. The standard InChI is InChI=1S/C24H17BrClNO4/c1-29-21-13-15(11-18(25)22(21)30-14-17-9-5-6-10-19(17)26)12-20-24(28)31-23(27-20)16-7-3-2-4-8-16/h2-13H,14H2,1H3/b20-12+. The van der Waals surface area contributed by atoms with Crippen LogP contribution in [0, 0.1) is 0 Å². The number of rotatable bonds is 6. The lowest BCUT2D eigenvalue weighted by Crippen LogP contribution is -2.05. The maximum Gasteiger partial charge on any atom is 0.363 e. The number of halogens is 2. The molecule has 3 aromatic carbocycles. The monoisotopic (exact) mass is 497 g/mol. The van der Waals surface area contributed by atoms with E-state index in [1.54, 1.807) is 19.3 Å². The normalized spacial score (nSPS) is 14.4. The summed E-state index contributed by atoms with van der Waals surface area (Å²) in [4.78, 5) is 16.6. The van der Waals surface area contributed by atoms with Crippen molar-refractivity contribution in [3.05, 3.63) is 98.6 Å². The second kappa shape index (κ2) is 9.37. The zero-order chi connectivity index (χ0) is 21.8. The van der Waals surface area contributed by atoms with Gasteiger partial charge in [0.15, 0.2) is 17.2 Å². The van der Waals surface area contributed by atoms with Crippen molar-refractivity contribution in [1.82, 2.24) is 0 Å². The molecule has 7 heteroatoms. The van der Waals surface area contributed by atoms with Gasteiger partial charge in [-0.1, -0.05) is 48.0 Å². The number of hydrogen-bond donors (Lipinski definition) is 0. The van der Waals surface area contributed by atoms with E-state index in [4.69, 9.17) is 25.8 Å². The van der Waals surface area contributed by atoms with Crippen LogP contribution in [0.3, 0.4) is 0 Å². The number of esters is 1. The minimum atomic E-state index is -0.506. The fraction of sp³-hybridized carbons (Fsp3) is 0.0833. The van der Waals surface area contributed by atoms with Crippen LogP contribution in [-0.2, 0) is 16.1 Å².